The van der Waals surface area contributed by atoms with Crippen LogP contribution in [0, 0.1) is 0 Å². The molecule has 0 spiro atoms. The van der Waals surface area contributed by atoms with Crippen LogP contribution in [0.2, 0.25) is 0 Å². The molecule has 12 heteroatoms. The molecule has 43 heavy (non-hydrogen) atoms. The minimum atomic E-state index is -1.81. The van der Waals surface area contributed by atoms with Crippen molar-refractivity contribution in [3.63, 3.8) is 0 Å². The molecule has 0 radical (unpaired) electrons. The highest BCUT2D eigenvalue weighted by atomic mass is 16.6. The number of hydrogen-bond acceptors (Lipinski definition) is 8. The maximum atomic E-state index is 14.0. The molecule has 0 unspecified atom stereocenters. The molecule has 0 aromatic heterocycles. The summed E-state index contributed by atoms with van der Waals surface area (Å²) in [5.41, 5.74) is 1.73. The molecule has 2 aromatic rings. The van der Waals surface area contributed by atoms with Crippen LogP contribution in [-0.4, -0.2) is 98.9 Å². The number of nitrogens with zero attached hydrogens (tertiary/aromatic N) is 2. The van der Waals surface area contributed by atoms with Gasteiger partial charge >= 0.3 is 12.8 Å². The van der Waals surface area contributed by atoms with Crippen LogP contribution in [-0.2, 0) is 41.4 Å². The van der Waals surface area contributed by atoms with Crippen LogP contribution in [0.5, 0.6) is 0 Å². The topological polar surface area (TPSA) is 119 Å². The quantitative estimate of drug-likeness (QED) is 0.268. The lowest BCUT2D eigenvalue weighted by molar-refractivity contribution is -0.140. The second kappa shape index (κ2) is 14.8. The van der Waals surface area contributed by atoms with E-state index in [0.717, 1.165) is 30.6 Å². The van der Waals surface area contributed by atoms with Crippen molar-refractivity contribution in [3.8, 4) is 0 Å². The Morgan fingerprint density at radius 2 is 1.63 bits per heavy atom. The molecule has 11 nitrogen and oxygen atoms in total. The van der Waals surface area contributed by atoms with Crippen molar-refractivity contribution in [3.05, 3.63) is 71.8 Å². The van der Waals surface area contributed by atoms with Crippen molar-refractivity contribution in [1.29, 1.82) is 0 Å². The average molecular weight is 594 g/mol. The third-order valence-electron chi connectivity index (χ3n) is 8.60. The highest BCUT2D eigenvalue weighted by Crippen LogP contribution is 2.31. The monoisotopic (exact) mass is 593 g/mol. The summed E-state index contributed by atoms with van der Waals surface area (Å²) in [7, 11) is 1.65. The van der Waals surface area contributed by atoms with Gasteiger partial charge in [0, 0.05) is 39.9 Å². The van der Waals surface area contributed by atoms with E-state index >= 15 is 0 Å². The van der Waals surface area contributed by atoms with Gasteiger partial charge in [0.25, 0.3) is 0 Å². The van der Waals surface area contributed by atoms with Crippen molar-refractivity contribution in [1.82, 2.24) is 20.3 Å². The van der Waals surface area contributed by atoms with Gasteiger partial charge in [-0.3, -0.25) is 9.59 Å². The molecule has 3 atom stereocenters. The van der Waals surface area contributed by atoms with E-state index in [4.69, 9.17) is 18.8 Å². The van der Waals surface area contributed by atoms with Gasteiger partial charge in [0.05, 0.1) is 0 Å². The fourth-order valence-electron chi connectivity index (χ4n) is 6.47. The molecule has 3 heterocycles. The van der Waals surface area contributed by atoms with E-state index in [1.54, 1.807) is 12.0 Å². The molecule has 0 bridgehead atoms. The lowest BCUT2D eigenvalue weighted by atomic mass is 9.60. The van der Waals surface area contributed by atoms with Gasteiger partial charge in [-0.15, -0.1) is 0 Å². The van der Waals surface area contributed by atoms with Gasteiger partial charge in [-0.05, 0) is 49.4 Å². The van der Waals surface area contributed by atoms with E-state index in [-0.39, 0.29) is 30.8 Å². The first-order valence-corrected chi connectivity index (χ1v) is 15.3. The first-order valence-electron chi connectivity index (χ1n) is 15.3. The molecule has 3 aliphatic rings. The number of carbonyl (C=O) groups is 3. The number of methoxy groups -OCH3 is 1. The van der Waals surface area contributed by atoms with Gasteiger partial charge in [0.15, 0.2) is 0 Å². The Balaban J connectivity index is 1.28. The summed E-state index contributed by atoms with van der Waals surface area (Å²) < 4.78 is 23.0. The predicted octanol–water partition coefficient (Wildman–Crippen LogP) is 2.27. The molecule has 232 valence electrons. The minimum Gasteiger partial charge on any atom is -0.553 e. The van der Waals surface area contributed by atoms with E-state index in [9.17, 15) is 14.4 Å². The van der Waals surface area contributed by atoms with Crippen molar-refractivity contribution >= 4 is 24.6 Å². The summed E-state index contributed by atoms with van der Waals surface area (Å²) >= 11 is 0. The highest BCUT2D eigenvalue weighted by Gasteiger charge is 2.49. The van der Waals surface area contributed by atoms with E-state index < -0.39 is 24.9 Å². The molecule has 3 amide bonds. The Hall–Kier alpha value is -3.45. The summed E-state index contributed by atoms with van der Waals surface area (Å²) in [5, 5.41) is 5.99. The minimum absolute atomic E-state index is 0.0861. The zero-order valence-corrected chi connectivity index (χ0v) is 24.8. The zero-order chi connectivity index (χ0) is 30.1. The number of alkyl carbamates (subject to hydrolysis) is 1. The Labute approximate surface area is 253 Å². The Kier molecular flexibility index (Phi) is 10.7. The Morgan fingerprint density at radius 1 is 0.953 bits per heavy atom. The second-order valence-corrected chi connectivity index (χ2v) is 11.4. The van der Waals surface area contributed by atoms with E-state index in [1.807, 2.05) is 60.7 Å². The molecule has 0 saturated carbocycles. The van der Waals surface area contributed by atoms with E-state index in [2.05, 4.69) is 15.4 Å². The van der Waals surface area contributed by atoms with Crippen LogP contribution in [0.1, 0.15) is 36.8 Å². The number of ether oxygens (including phenoxy) is 2. The van der Waals surface area contributed by atoms with E-state index in [0.29, 0.717) is 45.6 Å². The maximum Gasteiger partial charge on any atom is 0.408 e. The smallest absolute Gasteiger partial charge is 0.408 e. The lowest BCUT2D eigenvalue weighted by Gasteiger charge is -2.44. The van der Waals surface area contributed by atoms with Crippen molar-refractivity contribution in [2.45, 2.75) is 56.7 Å². The summed E-state index contributed by atoms with van der Waals surface area (Å²) in [6.45, 7) is 1.88. The van der Waals surface area contributed by atoms with Crippen LogP contribution in [0.4, 0.5) is 4.79 Å². The molecule has 3 saturated heterocycles. The van der Waals surface area contributed by atoms with Gasteiger partial charge in [0.2, 0.25) is 11.8 Å². The predicted molar refractivity (Wildman–Crippen MR) is 161 cm³/mol. The van der Waals surface area contributed by atoms with Gasteiger partial charge in [0.1, 0.15) is 18.7 Å². The molecule has 0 aliphatic carbocycles. The average Bonchev–Trinajstić information content (AvgIpc) is 3.77. The SMILES string of the molecule is COCCC[C@H](NC(=O)[C@@H]1CCCN1C(=O)[C@@H](Cc1ccccc1)NC(=O)OCc1ccccc1)[B-]12OCCN1CCO2. The number of hydrogen-bond donors (Lipinski definition) is 2. The molecular weight excluding hydrogens is 551 g/mol. The molecule has 3 aliphatic heterocycles. The third-order valence-corrected chi connectivity index (χ3v) is 8.60. The number of carbonyl (C=O) groups excluding carboxylic acids is 3. The third kappa shape index (κ3) is 7.56. The fraction of sp³-hybridized carbons (Fsp3) is 0.516. The lowest BCUT2D eigenvalue weighted by Crippen LogP contribution is -2.65. The zero-order valence-electron chi connectivity index (χ0n) is 24.8. The number of fused-ring (bicyclic) bond motifs is 1. The summed E-state index contributed by atoms with van der Waals surface area (Å²) in [6, 6.07) is 17.3. The van der Waals surface area contributed by atoms with Crippen LogP contribution in [0.15, 0.2) is 60.7 Å². The number of likely N-dealkylation sites (tertiary alicyclic amines) is 1. The molecule has 5 rings (SSSR count). The van der Waals surface area contributed by atoms with Crippen LogP contribution < -0.4 is 10.6 Å². The van der Waals surface area contributed by atoms with Gasteiger partial charge in [-0.25, -0.2) is 4.79 Å². The van der Waals surface area contributed by atoms with Crippen LogP contribution >= 0.6 is 0 Å². The van der Waals surface area contributed by atoms with Crippen molar-refractivity contribution in [2.24, 2.45) is 0 Å². The Morgan fingerprint density at radius 3 is 2.30 bits per heavy atom. The van der Waals surface area contributed by atoms with Crippen molar-refractivity contribution in [2.75, 3.05) is 46.6 Å². The molecule has 3 fully saturated rings. The fourth-order valence-corrected chi connectivity index (χ4v) is 6.47. The largest absolute Gasteiger partial charge is 0.553 e. The summed E-state index contributed by atoms with van der Waals surface area (Å²) in [6.07, 6.45) is 2.16. The number of rotatable bonds is 13. The number of amides is 3. The number of nitrogens with one attached hydrogen (secondary N) is 2. The molecule has 2 N–H and O–H groups in total. The maximum absolute atomic E-state index is 14.0. The standard InChI is InChI=1S/C31H42BN4O7/c1-40-19-9-15-28(32-35(17-20-42-32)18-21-43-32)34-29(37)27-14-8-16-36(27)30(38)26(22-24-10-4-2-5-11-24)33-31(39)41-23-25-12-6-3-7-13-25/h2-7,10-13,26-28H,8-9,14-23H2,1H3,(H,33,39)(H,34,37)/q-1/t26-,27+,28+/m1/s1. The first kappa shape index (κ1) is 31.0. The van der Waals surface area contributed by atoms with Crippen LogP contribution in [0.25, 0.3) is 0 Å². The summed E-state index contributed by atoms with van der Waals surface area (Å²) in [4.78, 5) is 44.5. The van der Waals surface area contributed by atoms with E-state index in [1.165, 1.54) is 0 Å². The van der Waals surface area contributed by atoms with Crippen molar-refractivity contribution < 1.29 is 33.2 Å². The second-order valence-electron chi connectivity index (χ2n) is 11.4. The first-order chi connectivity index (χ1) is 21.0. The normalized spacial score (nSPS) is 20.8. The molecule has 2 aromatic carbocycles. The Bertz CT molecular complexity index is 1210. The van der Waals surface area contributed by atoms with Gasteiger partial charge in [-0.1, -0.05) is 67.1 Å². The number of benzene rings is 2. The van der Waals surface area contributed by atoms with Crippen LogP contribution in [0.3, 0.4) is 0 Å². The molecular formula is C31H42BN4O7-. The van der Waals surface area contributed by atoms with Gasteiger partial charge < -0.3 is 39.1 Å². The van der Waals surface area contributed by atoms with Gasteiger partial charge in [-0.2, -0.15) is 0 Å². The highest BCUT2D eigenvalue weighted by molar-refractivity contribution is 6.67. The summed E-state index contributed by atoms with van der Waals surface area (Å²) in [5.74, 6) is -0.911.